The van der Waals surface area contributed by atoms with Gasteiger partial charge in [0, 0.05) is 12.1 Å². The number of rotatable bonds is 8. The molecule has 0 aliphatic carbocycles. The molecule has 0 unspecified atom stereocenters. The van der Waals surface area contributed by atoms with Crippen LogP contribution >= 0.6 is 0 Å². The molecule has 1 saturated heterocycles. The van der Waals surface area contributed by atoms with Crippen molar-refractivity contribution in [2.24, 2.45) is 0 Å². The quantitative estimate of drug-likeness (QED) is 0.646. The van der Waals surface area contributed by atoms with Gasteiger partial charge in [0.15, 0.2) is 0 Å². The Morgan fingerprint density at radius 3 is 1.52 bits per heavy atom. The van der Waals surface area contributed by atoms with E-state index < -0.39 is 0 Å². The van der Waals surface area contributed by atoms with Crippen molar-refractivity contribution in [3.8, 4) is 11.5 Å². The Labute approximate surface area is 164 Å². The Morgan fingerprint density at radius 2 is 1.15 bits per heavy atom. The summed E-state index contributed by atoms with van der Waals surface area (Å²) in [5.41, 5.74) is 2.81. The number of hydrogen-bond acceptors (Lipinski definition) is 3. The summed E-state index contributed by atoms with van der Waals surface area (Å²) in [6.07, 6.45) is 8.76. The highest BCUT2D eigenvalue weighted by Gasteiger charge is 2.26. The molecule has 0 spiro atoms. The Bertz CT molecular complexity index is 621. The third kappa shape index (κ3) is 5.49. The first-order chi connectivity index (χ1) is 13.2. The number of aryl methyl sites for hydroxylation is 2. The number of methoxy groups -OCH3 is 2. The van der Waals surface area contributed by atoms with Crippen LogP contribution in [0.4, 0.5) is 0 Å². The van der Waals surface area contributed by atoms with Crippen LogP contribution in [-0.2, 0) is 12.8 Å². The highest BCUT2D eigenvalue weighted by molar-refractivity contribution is 5.28. The Hall–Kier alpha value is -2.00. The molecule has 2 aromatic carbocycles. The van der Waals surface area contributed by atoms with E-state index in [1.165, 1.54) is 43.2 Å². The average molecular weight is 368 g/mol. The predicted octanol–water partition coefficient (Wildman–Crippen LogP) is 5.12. The van der Waals surface area contributed by atoms with Gasteiger partial charge in [-0.3, -0.25) is 0 Å². The van der Waals surface area contributed by atoms with Crippen molar-refractivity contribution in [1.82, 2.24) is 4.90 Å². The maximum absolute atomic E-state index is 5.26. The monoisotopic (exact) mass is 367 g/mol. The first-order valence-corrected chi connectivity index (χ1v) is 10.2. The number of nitrogens with zero attached hydrogens (tertiary/aromatic N) is 1. The van der Waals surface area contributed by atoms with Crippen LogP contribution in [0.15, 0.2) is 48.5 Å². The van der Waals surface area contributed by atoms with Crippen molar-refractivity contribution >= 4 is 0 Å². The van der Waals surface area contributed by atoms with Crippen LogP contribution in [0.2, 0.25) is 0 Å². The summed E-state index contributed by atoms with van der Waals surface area (Å²) in [7, 11) is 5.77. The SMILES string of the molecule is COc1ccc(CC[C@H]2CCC[C@@H](CCc3ccc(OC)cc3)N2C)cc1. The Kier molecular flexibility index (Phi) is 7.17. The molecule has 27 heavy (non-hydrogen) atoms. The molecule has 1 heterocycles. The van der Waals surface area contributed by atoms with Crippen molar-refractivity contribution in [2.45, 2.75) is 57.0 Å². The molecule has 0 radical (unpaired) electrons. The van der Waals surface area contributed by atoms with Gasteiger partial charge in [-0.25, -0.2) is 0 Å². The molecule has 1 fully saturated rings. The maximum atomic E-state index is 5.26. The molecule has 0 saturated carbocycles. The molecule has 2 aromatic rings. The summed E-state index contributed by atoms with van der Waals surface area (Å²) in [5, 5.41) is 0. The molecule has 3 heteroatoms. The highest BCUT2D eigenvalue weighted by Crippen LogP contribution is 2.27. The lowest BCUT2D eigenvalue weighted by Crippen LogP contribution is -2.44. The predicted molar refractivity (Wildman–Crippen MR) is 112 cm³/mol. The number of likely N-dealkylation sites (tertiary alicyclic amines) is 1. The summed E-state index contributed by atoms with van der Waals surface area (Å²) in [6.45, 7) is 0. The fourth-order valence-electron chi connectivity index (χ4n) is 4.24. The Balaban J connectivity index is 1.49. The van der Waals surface area contributed by atoms with Gasteiger partial charge in [-0.05, 0) is 81.0 Å². The number of ether oxygens (including phenoxy) is 2. The molecular weight excluding hydrogens is 334 g/mol. The van der Waals surface area contributed by atoms with Crippen molar-refractivity contribution < 1.29 is 9.47 Å². The van der Waals surface area contributed by atoms with Gasteiger partial charge in [0.1, 0.15) is 11.5 Å². The topological polar surface area (TPSA) is 21.7 Å². The van der Waals surface area contributed by atoms with Gasteiger partial charge < -0.3 is 14.4 Å². The average Bonchev–Trinajstić information content (AvgIpc) is 2.73. The van der Waals surface area contributed by atoms with Crippen LogP contribution < -0.4 is 9.47 Å². The first-order valence-electron chi connectivity index (χ1n) is 10.2. The molecule has 146 valence electrons. The van der Waals surface area contributed by atoms with Crippen molar-refractivity contribution in [3.05, 3.63) is 59.7 Å². The zero-order valence-corrected chi connectivity index (χ0v) is 17.0. The number of benzene rings is 2. The molecule has 0 aromatic heterocycles. The van der Waals surface area contributed by atoms with Crippen LogP contribution in [0, 0.1) is 0 Å². The minimum Gasteiger partial charge on any atom is -0.497 e. The number of hydrogen-bond donors (Lipinski definition) is 0. The fourth-order valence-corrected chi connectivity index (χ4v) is 4.24. The van der Waals surface area contributed by atoms with E-state index in [4.69, 9.17) is 9.47 Å². The van der Waals surface area contributed by atoms with Crippen molar-refractivity contribution in [3.63, 3.8) is 0 Å². The summed E-state index contributed by atoms with van der Waals surface area (Å²) >= 11 is 0. The van der Waals surface area contributed by atoms with Gasteiger partial charge in [0.05, 0.1) is 14.2 Å². The smallest absolute Gasteiger partial charge is 0.118 e. The van der Waals surface area contributed by atoms with E-state index in [0.29, 0.717) is 12.1 Å². The second kappa shape index (κ2) is 9.80. The lowest BCUT2D eigenvalue weighted by atomic mass is 9.89. The van der Waals surface area contributed by atoms with Crippen LogP contribution in [0.1, 0.15) is 43.2 Å². The summed E-state index contributed by atoms with van der Waals surface area (Å²) in [6, 6.07) is 18.4. The molecule has 3 nitrogen and oxygen atoms in total. The van der Waals surface area contributed by atoms with E-state index in [1.54, 1.807) is 14.2 Å². The normalized spacial score (nSPS) is 20.4. The standard InChI is InChI=1S/C24H33NO2/c1-25-21(13-7-19-9-15-23(26-2)16-10-19)5-4-6-22(25)14-8-20-11-17-24(27-3)18-12-20/h9-12,15-18,21-22H,4-8,13-14H2,1-3H3/t21-,22+. The van der Waals surface area contributed by atoms with E-state index in [-0.39, 0.29) is 0 Å². The van der Waals surface area contributed by atoms with Gasteiger partial charge in [-0.1, -0.05) is 30.7 Å². The lowest BCUT2D eigenvalue weighted by molar-refractivity contribution is 0.103. The van der Waals surface area contributed by atoms with Gasteiger partial charge >= 0.3 is 0 Å². The second-order valence-electron chi connectivity index (χ2n) is 7.68. The van der Waals surface area contributed by atoms with E-state index in [9.17, 15) is 0 Å². The van der Waals surface area contributed by atoms with E-state index >= 15 is 0 Å². The summed E-state index contributed by atoms with van der Waals surface area (Å²) in [4.78, 5) is 2.65. The first kappa shape index (κ1) is 19.8. The zero-order valence-electron chi connectivity index (χ0n) is 17.0. The van der Waals surface area contributed by atoms with E-state index in [1.807, 2.05) is 0 Å². The van der Waals surface area contributed by atoms with Gasteiger partial charge in [-0.2, -0.15) is 0 Å². The molecule has 2 atom stereocenters. The minimum atomic E-state index is 0.696. The van der Waals surface area contributed by atoms with Crippen molar-refractivity contribution in [1.29, 1.82) is 0 Å². The lowest BCUT2D eigenvalue weighted by Gasteiger charge is -2.40. The Morgan fingerprint density at radius 1 is 0.741 bits per heavy atom. The van der Waals surface area contributed by atoms with Crippen LogP contribution in [0.5, 0.6) is 11.5 Å². The molecule has 0 amide bonds. The third-order valence-electron chi connectivity index (χ3n) is 6.08. The largest absolute Gasteiger partial charge is 0.497 e. The molecular formula is C24H33NO2. The van der Waals surface area contributed by atoms with Gasteiger partial charge in [0.25, 0.3) is 0 Å². The van der Waals surface area contributed by atoms with Gasteiger partial charge in [0.2, 0.25) is 0 Å². The highest BCUT2D eigenvalue weighted by atomic mass is 16.5. The van der Waals surface area contributed by atoms with Crippen LogP contribution in [0.25, 0.3) is 0 Å². The van der Waals surface area contributed by atoms with Crippen LogP contribution in [-0.4, -0.2) is 38.3 Å². The molecule has 1 aliphatic rings. The van der Waals surface area contributed by atoms with E-state index in [2.05, 4.69) is 60.5 Å². The fraction of sp³-hybridized carbons (Fsp3) is 0.500. The molecule has 0 N–H and O–H groups in total. The minimum absolute atomic E-state index is 0.696. The van der Waals surface area contributed by atoms with Crippen molar-refractivity contribution in [2.75, 3.05) is 21.3 Å². The third-order valence-corrected chi connectivity index (χ3v) is 6.08. The molecule has 0 bridgehead atoms. The summed E-state index contributed by atoms with van der Waals surface area (Å²) < 4.78 is 10.5. The maximum Gasteiger partial charge on any atom is 0.118 e. The number of piperidine rings is 1. The van der Waals surface area contributed by atoms with Gasteiger partial charge in [-0.15, -0.1) is 0 Å². The van der Waals surface area contributed by atoms with Crippen LogP contribution in [0.3, 0.4) is 0 Å². The molecule has 1 aliphatic heterocycles. The molecule has 3 rings (SSSR count). The van der Waals surface area contributed by atoms with E-state index in [0.717, 1.165) is 24.3 Å². The zero-order chi connectivity index (χ0) is 19.1. The second-order valence-corrected chi connectivity index (χ2v) is 7.68. The summed E-state index contributed by atoms with van der Waals surface area (Å²) in [5.74, 6) is 1.87.